The minimum absolute atomic E-state index is 0. The summed E-state index contributed by atoms with van der Waals surface area (Å²) < 4.78 is 9.89. The van der Waals surface area contributed by atoms with Crippen molar-refractivity contribution in [2.75, 3.05) is 58.4 Å². The van der Waals surface area contributed by atoms with Crippen LogP contribution in [0.15, 0.2) is 29.3 Å². The second kappa shape index (κ2) is 13.5. The van der Waals surface area contributed by atoms with Crippen molar-refractivity contribution in [1.29, 1.82) is 0 Å². The van der Waals surface area contributed by atoms with Crippen molar-refractivity contribution in [3.8, 4) is 5.75 Å². The first-order chi connectivity index (χ1) is 13.2. The third kappa shape index (κ3) is 7.73. The lowest BCUT2D eigenvalue weighted by Crippen LogP contribution is -2.52. The fourth-order valence-electron chi connectivity index (χ4n) is 3.06. The SMILES string of the molecule is CCNC(=NCCCCC(=O)OC)N1CCN(c2ccc(OC)cc2)CC1.I. The zero-order chi connectivity index (χ0) is 19.5. The summed E-state index contributed by atoms with van der Waals surface area (Å²) in [6.07, 6.45) is 2.15. The van der Waals surface area contributed by atoms with Crippen molar-refractivity contribution in [3.05, 3.63) is 24.3 Å². The molecule has 1 heterocycles. The predicted octanol–water partition coefficient (Wildman–Crippen LogP) is 2.74. The molecule has 28 heavy (non-hydrogen) atoms. The Morgan fingerprint density at radius 2 is 1.79 bits per heavy atom. The lowest BCUT2D eigenvalue weighted by Gasteiger charge is -2.37. The summed E-state index contributed by atoms with van der Waals surface area (Å²) in [6, 6.07) is 8.22. The highest BCUT2D eigenvalue weighted by Crippen LogP contribution is 2.20. The van der Waals surface area contributed by atoms with Crippen LogP contribution in [0.25, 0.3) is 0 Å². The molecule has 0 aromatic heterocycles. The highest BCUT2D eigenvalue weighted by molar-refractivity contribution is 14.0. The topological polar surface area (TPSA) is 66.4 Å². The first kappa shape index (κ1) is 24.3. The fourth-order valence-corrected chi connectivity index (χ4v) is 3.06. The highest BCUT2D eigenvalue weighted by Gasteiger charge is 2.19. The normalized spacial score (nSPS) is 14.3. The van der Waals surface area contributed by atoms with Crippen molar-refractivity contribution in [3.63, 3.8) is 0 Å². The smallest absolute Gasteiger partial charge is 0.305 e. The van der Waals surface area contributed by atoms with Gasteiger partial charge in [0.15, 0.2) is 5.96 Å². The second-order valence-electron chi connectivity index (χ2n) is 6.44. The van der Waals surface area contributed by atoms with E-state index in [2.05, 4.69) is 38.9 Å². The Morgan fingerprint density at radius 1 is 1.11 bits per heavy atom. The second-order valence-corrected chi connectivity index (χ2v) is 6.44. The van der Waals surface area contributed by atoms with E-state index in [0.29, 0.717) is 6.42 Å². The van der Waals surface area contributed by atoms with Gasteiger partial charge in [-0.3, -0.25) is 9.79 Å². The van der Waals surface area contributed by atoms with Crippen LogP contribution in [0.3, 0.4) is 0 Å². The van der Waals surface area contributed by atoms with E-state index in [9.17, 15) is 4.79 Å². The number of rotatable bonds is 8. The summed E-state index contributed by atoms with van der Waals surface area (Å²) >= 11 is 0. The number of anilines is 1. The van der Waals surface area contributed by atoms with Crippen LogP contribution < -0.4 is 15.0 Å². The van der Waals surface area contributed by atoms with E-state index in [0.717, 1.165) is 63.8 Å². The monoisotopic (exact) mass is 504 g/mol. The maximum Gasteiger partial charge on any atom is 0.305 e. The first-order valence-electron chi connectivity index (χ1n) is 9.67. The predicted molar refractivity (Wildman–Crippen MR) is 124 cm³/mol. The molecule has 0 bridgehead atoms. The van der Waals surface area contributed by atoms with Gasteiger partial charge in [0, 0.05) is 51.4 Å². The number of hydrogen-bond donors (Lipinski definition) is 1. The van der Waals surface area contributed by atoms with E-state index in [1.54, 1.807) is 7.11 Å². The van der Waals surface area contributed by atoms with Crippen LogP contribution in [0, 0.1) is 0 Å². The van der Waals surface area contributed by atoms with E-state index < -0.39 is 0 Å². The van der Waals surface area contributed by atoms with Gasteiger partial charge in [-0.1, -0.05) is 0 Å². The zero-order valence-electron chi connectivity index (χ0n) is 17.1. The molecule has 0 unspecified atom stereocenters. The summed E-state index contributed by atoms with van der Waals surface area (Å²) in [5, 5.41) is 3.38. The van der Waals surface area contributed by atoms with Crippen LogP contribution in [-0.4, -0.2) is 70.3 Å². The maximum atomic E-state index is 11.2. The third-order valence-electron chi connectivity index (χ3n) is 4.63. The van der Waals surface area contributed by atoms with E-state index in [-0.39, 0.29) is 29.9 Å². The number of unbranched alkanes of at least 4 members (excludes halogenated alkanes) is 1. The molecule has 158 valence electrons. The Balaban J connectivity index is 0.00000392. The minimum Gasteiger partial charge on any atom is -0.497 e. The number of piperazine rings is 1. The lowest BCUT2D eigenvalue weighted by molar-refractivity contribution is -0.140. The number of benzene rings is 1. The van der Waals surface area contributed by atoms with Gasteiger partial charge in [-0.25, -0.2) is 0 Å². The molecule has 8 heteroatoms. The van der Waals surface area contributed by atoms with Gasteiger partial charge in [0.25, 0.3) is 0 Å². The number of halogens is 1. The van der Waals surface area contributed by atoms with Crippen molar-refractivity contribution in [1.82, 2.24) is 10.2 Å². The number of aliphatic imine (C=N–C) groups is 1. The molecule has 0 aliphatic carbocycles. The van der Waals surface area contributed by atoms with Gasteiger partial charge in [0.05, 0.1) is 14.2 Å². The average Bonchev–Trinajstić information content (AvgIpc) is 2.72. The number of nitrogens with zero attached hydrogens (tertiary/aromatic N) is 3. The van der Waals surface area contributed by atoms with Crippen LogP contribution >= 0.6 is 24.0 Å². The molecule has 1 N–H and O–H groups in total. The Kier molecular flexibility index (Phi) is 11.7. The number of esters is 1. The quantitative estimate of drug-likeness (QED) is 0.193. The van der Waals surface area contributed by atoms with Crippen LogP contribution in [0.1, 0.15) is 26.2 Å². The van der Waals surface area contributed by atoms with E-state index in [1.807, 2.05) is 12.1 Å². The number of nitrogens with one attached hydrogen (secondary N) is 1. The van der Waals surface area contributed by atoms with E-state index in [1.165, 1.54) is 12.8 Å². The fraction of sp³-hybridized carbons (Fsp3) is 0.600. The Hall–Kier alpha value is -1.71. The summed E-state index contributed by atoms with van der Waals surface area (Å²) in [7, 11) is 3.11. The molecule has 0 spiro atoms. The summed E-state index contributed by atoms with van der Waals surface area (Å²) in [5.74, 6) is 1.69. The summed E-state index contributed by atoms with van der Waals surface area (Å²) in [4.78, 5) is 20.6. The number of ether oxygens (including phenoxy) is 2. The van der Waals surface area contributed by atoms with Gasteiger partial charge in [0.2, 0.25) is 0 Å². The number of guanidine groups is 1. The number of methoxy groups -OCH3 is 2. The van der Waals surface area contributed by atoms with Crippen LogP contribution in [0.2, 0.25) is 0 Å². The van der Waals surface area contributed by atoms with Gasteiger partial charge in [0.1, 0.15) is 5.75 Å². The number of hydrogen-bond acceptors (Lipinski definition) is 5. The molecule has 1 aromatic carbocycles. The molecule has 1 aliphatic heterocycles. The number of carbonyl (C=O) groups is 1. The maximum absolute atomic E-state index is 11.2. The van der Waals surface area contributed by atoms with Gasteiger partial charge < -0.3 is 24.6 Å². The highest BCUT2D eigenvalue weighted by atomic mass is 127. The molecule has 7 nitrogen and oxygen atoms in total. The lowest BCUT2D eigenvalue weighted by atomic mass is 10.2. The van der Waals surface area contributed by atoms with E-state index >= 15 is 0 Å². The molecule has 1 saturated heterocycles. The Labute approximate surface area is 185 Å². The number of carbonyl (C=O) groups excluding carboxylic acids is 1. The van der Waals surface area contributed by atoms with E-state index in [4.69, 9.17) is 9.73 Å². The zero-order valence-corrected chi connectivity index (χ0v) is 19.5. The molecule has 2 rings (SSSR count). The molecule has 0 saturated carbocycles. The molecule has 0 amide bonds. The van der Waals surface area contributed by atoms with Crippen molar-refractivity contribution >= 4 is 41.6 Å². The van der Waals surface area contributed by atoms with Gasteiger partial charge in [-0.2, -0.15) is 0 Å². The molecule has 0 atom stereocenters. The largest absolute Gasteiger partial charge is 0.497 e. The van der Waals surface area contributed by atoms with Gasteiger partial charge in [-0.05, 0) is 44.0 Å². The molecular formula is C20H33IN4O3. The van der Waals surface area contributed by atoms with Crippen molar-refractivity contribution < 1.29 is 14.3 Å². The van der Waals surface area contributed by atoms with Crippen molar-refractivity contribution in [2.45, 2.75) is 26.2 Å². The minimum atomic E-state index is -0.152. The summed E-state index contributed by atoms with van der Waals surface area (Å²) in [6.45, 7) is 7.43. The standard InChI is InChI=1S/C20H32N4O3.HI/c1-4-21-20(22-12-6-5-7-19(25)27-3)24-15-13-23(14-16-24)17-8-10-18(26-2)11-9-17;/h8-11H,4-7,12-16H2,1-3H3,(H,21,22);1H. The Bertz CT molecular complexity index is 602. The third-order valence-corrected chi connectivity index (χ3v) is 4.63. The van der Waals surface area contributed by atoms with Crippen LogP contribution in [-0.2, 0) is 9.53 Å². The average molecular weight is 504 g/mol. The van der Waals surface area contributed by atoms with Crippen LogP contribution in [0.5, 0.6) is 5.75 Å². The summed E-state index contributed by atoms with van der Waals surface area (Å²) in [5.41, 5.74) is 1.22. The molecular weight excluding hydrogens is 471 g/mol. The van der Waals surface area contributed by atoms with Gasteiger partial charge in [-0.15, -0.1) is 24.0 Å². The first-order valence-corrected chi connectivity index (χ1v) is 9.67. The molecule has 0 radical (unpaired) electrons. The molecule has 1 aliphatic rings. The van der Waals surface area contributed by atoms with Gasteiger partial charge >= 0.3 is 5.97 Å². The van der Waals surface area contributed by atoms with Crippen LogP contribution in [0.4, 0.5) is 5.69 Å². The molecule has 1 aromatic rings. The van der Waals surface area contributed by atoms with Crippen molar-refractivity contribution in [2.24, 2.45) is 4.99 Å². The Morgan fingerprint density at radius 3 is 2.36 bits per heavy atom. The molecule has 1 fully saturated rings.